The first kappa shape index (κ1) is 14.3. The number of carbonyl (C=O) groups is 1. The largest absolute Gasteiger partial charge is 0.374 e. The number of rotatable bonds is 3. The molecule has 0 radical (unpaired) electrons. The van der Waals surface area contributed by atoms with E-state index in [1.807, 2.05) is 11.8 Å². The van der Waals surface area contributed by atoms with E-state index < -0.39 is 0 Å². The van der Waals surface area contributed by atoms with Crippen molar-refractivity contribution in [1.82, 2.24) is 15.1 Å². The van der Waals surface area contributed by atoms with Crippen LogP contribution in [0.2, 0.25) is 0 Å². The first-order valence-electron chi connectivity index (χ1n) is 7.08. The second kappa shape index (κ2) is 6.41. The quantitative estimate of drug-likeness (QED) is 0.800. The lowest BCUT2D eigenvalue weighted by molar-refractivity contribution is -0.146. The molecule has 1 aromatic heterocycles. The maximum absolute atomic E-state index is 12.4. The lowest BCUT2D eigenvalue weighted by Gasteiger charge is -2.43. The van der Waals surface area contributed by atoms with Crippen molar-refractivity contribution < 1.29 is 9.53 Å². The summed E-state index contributed by atoms with van der Waals surface area (Å²) >= 11 is 3.04. The Bertz CT molecular complexity index is 478. The van der Waals surface area contributed by atoms with Gasteiger partial charge in [-0.1, -0.05) is 35.9 Å². The van der Waals surface area contributed by atoms with E-state index >= 15 is 0 Å². The number of morpholine rings is 1. The van der Waals surface area contributed by atoms with Crippen LogP contribution < -0.4 is 0 Å². The van der Waals surface area contributed by atoms with Crippen LogP contribution in [0.25, 0.3) is 0 Å². The highest BCUT2D eigenvalue weighted by molar-refractivity contribution is 8.01. The monoisotopic (exact) mass is 313 g/mol. The minimum atomic E-state index is 0.211. The van der Waals surface area contributed by atoms with E-state index in [9.17, 15) is 4.79 Å². The zero-order valence-corrected chi connectivity index (χ0v) is 13.2. The van der Waals surface area contributed by atoms with Gasteiger partial charge < -0.3 is 9.64 Å². The van der Waals surface area contributed by atoms with Crippen molar-refractivity contribution in [1.29, 1.82) is 0 Å². The van der Waals surface area contributed by atoms with E-state index in [1.165, 1.54) is 24.6 Å². The van der Waals surface area contributed by atoms with E-state index in [-0.39, 0.29) is 12.0 Å². The van der Waals surface area contributed by atoms with Gasteiger partial charge in [-0.05, 0) is 19.8 Å². The number of ether oxygens (including phenoxy) is 1. The molecule has 7 heteroatoms. The predicted octanol–water partition coefficient (Wildman–Crippen LogP) is 2.11. The highest BCUT2D eigenvalue weighted by Gasteiger charge is 2.36. The molecule has 1 saturated carbocycles. The van der Waals surface area contributed by atoms with Crippen LogP contribution in [0.5, 0.6) is 0 Å². The fraction of sp³-hybridized carbons (Fsp3) is 0.769. The van der Waals surface area contributed by atoms with Crippen molar-refractivity contribution in [3.05, 3.63) is 5.01 Å². The molecule has 0 N–H and O–H groups in total. The van der Waals surface area contributed by atoms with Crippen LogP contribution in [0.3, 0.4) is 0 Å². The molecule has 5 nitrogen and oxygen atoms in total. The summed E-state index contributed by atoms with van der Waals surface area (Å²) in [5.41, 5.74) is 0. The van der Waals surface area contributed by atoms with E-state index in [0.717, 1.165) is 28.7 Å². The topological polar surface area (TPSA) is 55.3 Å². The van der Waals surface area contributed by atoms with Crippen molar-refractivity contribution in [3.8, 4) is 0 Å². The summed E-state index contributed by atoms with van der Waals surface area (Å²) in [5.74, 6) is 0.667. The van der Waals surface area contributed by atoms with Crippen LogP contribution >= 0.6 is 23.1 Å². The van der Waals surface area contributed by atoms with Gasteiger partial charge in [-0.2, -0.15) is 0 Å². The summed E-state index contributed by atoms with van der Waals surface area (Å²) in [5, 5.41) is 8.97. The van der Waals surface area contributed by atoms with Crippen LogP contribution in [0.15, 0.2) is 4.34 Å². The van der Waals surface area contributed by atoms with Gasteiger partial charge in [0, 0.05) is 6.54 Å². The van der Waals surface area contributed by atoms with Crippen LogP contribution in [-0.4, -0.2) is 52.1 Å². The van der Waals surface area contributed by atoms with Gasteiger partial charge in [0.2, 0.25) is 5.91 Å². The minimum Gasteiger partial charge on any atom is -0.374 e. The Morgan fingerprint density at radius 2 is 2.30 bits per heavy atom. The lowest BCUT2D eigenvalue weighted by atomic mass is 9.90. The molecular weight excluding hydrogens is 294 g/mol. The van der Waals surface area contributed by atoms with E-state index in [1.54, 1.807) is 11.3 Å². The SMILES string of the molecule is Cc1nnc(SCC(=O)N2CCOC3CCCCC32)s1. The van der Waals surface area contributed by atoms with E-state index in [0.29, 0.717) is 18.4 Å². The molecule has 0 aromatic carbocycles. The molecule has 2 unspecified atom stereocenters. The molecule has 3 rings (SSSR count). The molecule has 20 heavy (non-hydrogen) atoms. The second-order valence-electron chi connectivity index (χ2n) is 5.22. The second-order valence-corrected chi connectivity index (χ2v) is 7.63. The number of thioether (sulfide) groups is 1. The Labute approximate surface area is 127 Å². The van der Waals surface area contributed by atoms with E-state index in [2.05, 4.69) is 10.2 Å². The third kappa shape index (κ3) is 3.15. The van der Waals surface area contributed by atoms with Gasteiger partial charge in [-0.15, -0.1) is 10.2 Å². The Balaban J connectivity index is 1.58. The van der Waals surface area contributed by atoms with Crippen molar-refractivity contribution in [2.75, 3.05) is 18.9 Å². The Kier molecular flexibility index (Phi) is 4.58. The van der Waals surface area contributed by atoms with Crippen LogP contribution in [-0.2, 0) is 9.53 Å². The molecule has 1 saturated heterocycles. The molecule has 2 fully saturated rings. The number of aromatic nitrogens is 2. The molecule has 1 aliphatic heterocycles. The fourth-order valence-corrected chi connectivity index (χ4v) is 4.65. The minimum absolute atomic E-state index is 0.211. The molecule has 2 aliphatic rings. The zero-order valence-electron chi connectivity index (χ0n) is 11.6. The smallest absolute Gasteiger partial charge is 0.233 e. The molecule has 1 aliphatic carbocycles. The van der Waals surface area contributed by atoms with Gasteiger partial charge in [0.25, 0.3) is 0 Å². The molecule has 0 spiro atoms. The summed E-state index contributed by atoms with van der Waals surface area (Å²) in [7, 11) is 0. The summed E-state index contributed by atoms with van der Waals surface area (Å²) in [6.45, 7) is 3.34. The van der Waals surface area contributed by atoms with Gasteiger partial charge in [0.15, 0.2) is 4.34 Å². The molecule has 0 bridgehead atoms. The zero-order chi connectivity index (χ0) is 13.9. The normalized spacial score (nSPS) is 26.4. The molecule has 1 amide bonds. The summed E-state index contributed by atoms with van der Waals surface area (Å²) in [4.78, 5) is 14.5. The molecule has 2 atom stereocenters. The number of nitrogens with zero attached hydrogens (tertiary/aromatic N) is 3. The average molecular weight is 313 g/mol. The third-order valence-corrected chi connectivity index (χ3v) is 5.84. The van der Waals surface area contributed by atoms with Crippen molar-refractivity contribution in [2.45, 2.75) is 49.1 Å². The standard InChI is InChI=1S/C13H19N3O2S2/c1-9-14-15-13(20-9)19-8-12(17)16-6-7-18-11-5-3-2-4-10(11)16/h10-11H,2-8H2,1H3. The third-order valence-electron chi connectivity index (χ3n) is 3.88. The maximum Gasteiger partial charge on any atom is 0.233 e. The Morgan fingerprint density at radius 3 is 3.10 bits per heavy atom. The average Bonchev–Trinajstić information content (AvgIpc) is 2.90. The fourth-order valence-electron chi connectivity index (χ4n) is 2.95. The summed E-state index contributed by atoms with van der Waals surface area (Å²) in [6.07, 6.45) is 4.87. The van der Waals surface area contributed by atoms with Crippen molar-refractivity contribution >= 4 is 29.0 Å². The summed E-state index contributed by atoms with van der Waals surface area (Å²) in [6, 6.07) is 0.293. The Morgan fingerprint density at radius 1 is 1.45 bits per heavy atom. The Hall–Kier alpha value is -0.660. The van der Waals surface area contributed by atoms with Crippen LogP contribution in [0.1, 0.15) is 30.7 Å². The van der Waals surface area contributed by atoms with Crippen LogP contribution in [0, 0.1) is 6.92 Å². The van der Waals surface area contributed by atoms with Gasteiger partial charge in [0.1, 0.15) is 5.01 Å². The molecule has 2 heterocycles. The highest BCUT2D eigenvalue weighted by Crippen LogP contribution is 2.29. The van der Waals surface area contributed by atoms with Gasteiger partial charge in [-0.25, -0.2) is 0 Å². The predicted molar refractivity (Wildman–Crippen MR) is 79.1 cm³/mol. The molecular formula is C13H19N3O2S2. The number of amides is 1. The van der Waals surface area contributed by atoms with Crippen molar-refractivity contribution in [2.24, 2.45) is 0 Å². The number of carbonyl (C=O) groups excluding carboxylic acids is 1. The molecule has 1 aromatic rings. The van der Waals surface area contributed by atoms with Gasteiger partial charge >= 0.3 is 0 Å². The first-order valence-corrected chi connectivity index (χ1v) is 8.88. The van der Waals surface area contributed by atoms with Gasteiger partial charge in [-0.3, -0.25) is 4.79 Å². The number of fused-ring (bicyclic) bond motifs is 1. The van der Waals surface area contributed by atoms with Crippen LogP contribution in [0.4, 0.5) is 0 Å². The first-order chi connectivity index (χ1) is 9.74. The van der Waals surface area contributed by atoms with Crippen molar-refractivity contribution in [3.63, 3.8) is 0 Å². The summed E-state index contributed by atoms with van der Waals surface area (Å²) < 4.78 is 6.69. The maximum atomic E-state index is 12.4. The number of aryl methyl sites for hydroxylation is 1. The van der Waals surface area contributed by atoms with Gasteiger partial charge in [0.05, 0.1) is 24.5 Å². The number of hydrogen-bond acceptors (Lipinski definition) is 6. The lowest BCUT2D eigenvalue weighted by Crippen LogP contribution is -2.55. The number of hydrogen-bond donors (Lipinski definition) is 0. The molecule has 110 valence electrons. The highest BCUT2D eigenvalue weighted by atomic mass is 32.2. The van der Waals surface area contributed by atoms with E-state index in [4.69, 9.17) is 4.74 Å².